The van der Waals surface area contributed by atoms with Gasteiger partial charge in [-0.15, -0.1) is 0 Å². The van der Waals surface area contributed by atoms with Gasteiger partial charge in [-0.25, -0.2) is 4.98 Å². The van der Waals surface area contributed by atoms with Crippen LogP contribution < -0.4 is 9.64 Å². The van der Waals surface area contributed by atoms with E-state index in [0.717, 1.165) is 5.56 Å². The number of ether oxygens (including phenoxy) is 3. The van der Waals surface area contributed by atoms with E-state index in [1.165, 1.54) is 6.33 Å². The predicted octanol–water partition coefficient (Wildman–Crippen LogP) is 2.58. The van der Waals surface area contributed by atoms with E-state index >= 15 is 0 Å². The SMILES string of the molecule is COCCN(CCOC)c1ncnc(Oc2ccc(C)cc2)c1[N+](=O)[O-]. The Morgan fingerprint density at radius 2 is 1.69 bits per heavy atom. The Bertz CT molecular complexity index is 716. The quantitative estimate of drug-likeness (QED) is 0.470. The van der Waals surface area contributed by atoms with E-state index in [4.69, 9.17) is 14.2 Å². The van der Waals surface area contributed by atoms with Crippen molar-refractivity contribution in [1.82, 2.24) is 9.97 Å². The Morgan fingerprint density at radius 3 is 2.23 bits per heavy atom. The Kier molecular flexibility index (Phi) is 7.24. The van der Waals surface area contributed by atoms with Gasteiger partial charge in [0.25, 0.3) is 0 Å². The van der Waals surface area contributed by atoms with Crippen LogP contribution >= 0.6 is 0 Å². The van der Waals surface area contributed by atoms with Gasteiger partial charge in [-0.1, -0.05) is 17.7 Å². The molecule has 0 aliphatic carbocycles. The number of aromatic nitrogens is 2. The lowest BCUT2D eigenvalue weighted by atomic mass is 10.2. The molecule has 1 heterocycles. The van der Waals surface area contributed by atoms with Gasteiger partial charge >= 0.3 is 11.6 Å². The zero-order chi connectivity index (χ0) is 18.9. The third kappa shape index (κ3) is 5.11. The van der Waals surface area contributed by atoms with E-state index in [-0.39, 0.29) is 17.4 Å². The van der Waals surface area contributed by atoms with Crippen molar-refractivity contribution in [3.8, 4) is 11.6 Å². The molecule has 0 saturated heterocycles. The van der Waals surface area contributed by atoms with E-state index in [1.54, 1.807) is 31.3 Å². The summed E-state index contributed by atoms with van der Waals surface area (Å²) in [5.74, 6) is 0.522. The van der Waals surface area contributed by atoms with Crippen LogP contribution in [0.2, 0.25) is 0 Å². The third-order valence-electron chi connectivity index (χ3n) is 3.62. The van der Waals surface area contributed by atoms with E-state index in [0.29, 0.717) is 32.1 Å². The highest BCUT2D eigenvalue weighted by molar-refractivity contribution is 5.63. The topological polar surface area (TPSA) is 99.9 Å². The van der Waals surface area contributed by atoms with E-state index in [9.17, 15) is 10.1 Å². The summed E-state index contributed by atoms with van der Waals surface area (Å²) in [7, 11) is 3.13. The van der Waals surface area contributed by atoms with Gasteiger partial charge in [-0.3, -0.25) is 10.1 Å². The van der Waals surface area contributed by atoms with Crippen LogP contribution in [-0.4, -0.2) is 55.4 Å². The molecule has 1 aromatic carbocycles. The van der Waals surface area contributed by atoms with E-state index < -0.39 is 4.92 Å². The minimum atomic E-state index is -0.536. The highest BCUT2D eigenvalue weighted by Crippen LogP contribution is 2.35. The molecule has 2 rings (SSSR count). The fraction of sp³-hybridized carbons (Fsp3) is 0.412. The molecule has 0 bridgehead atoms. The molecular weight excluding hydrogens is 340 g/mol. The third-order valence-corrected chi connectivity index (χ3v) is 3.62. The molecule has 0 aliphatic heterocycles. The summed E-state index contributed by atoms with van der Waals surface area (Å²) in [5, 5.41) is 11.7. The molecule has 0 amide bonds. The maximum atomic E-state index is 11.7. The minimum absolute atomic E-state index is 0.108. The lowest BCUT2D eigenvalue weighted by molar-refractivity contribution is -0.385. The number of benzene rings is 1. The largest absolute Gasteiger partial charge is 0.434 e. The number of nitrogens with zero attached hydrogens (tertiary/aromatic N) is 4. The number of rotatable bonds is 10. The molecule has 0 saturated carbocycles. The molecule has 0 aliphatic rings. The Morgan fingerprint density at radius 1 is 1.08 bits per heavy atom. The van der Waals surface area contributed by atoms with Gasteiger partial charge < -0.3 is 19.1 Å². The fourth-order valence-corrected chi connectivity index (χ4v) is 2.26. The number of hydrogen-bond donors (Lipinski definition) is 0. The first-order chi connectivity index (χ1) is 12.6. The Balaban J connectivity index is 2.38. The molecule has 0 spiro atoms. The average molecular weight is 362 g/mol. The molecule has 0 fully saturated rings. The van der Waals surface area contributed by atoms with Crippen molar-refractivity contribution in [2.75, 3.05) is 45.4 Å². The van der Waals surface area contributed by atoms with Gasteiger partial charge in [-0.2, -0.15) is 4.98 Å². The van der Waals surface area contributed by atoms with Crippen molar-refractivity contribution in [2.24, 2.45) is 0 Å². The number of nitro groups is 1. The van der Waals surface area contributed by atoms with Crippen molar-refractivity contribution in [3.05, 3.63) is 46.3 Å². The van der Waals surface area contributed by atoms with E-state index in [2.05, 4.69) is 9.97 Å². The first kappa shape index (κ1) is 19.5. The van der Waals surface area contributed by atoms with Crippen LogP contribution in [0.15, 0.2) is 30.6 Å². The smallest absolute Gasteiger partial charge is 0.373 e. The summed E-state index contributed by atoms with van der Waals surface area (Å²) in [4.78, 5) is 20.9. The number of aryl methyl sites for hydroxylation is 1. The van der Waals surface area contributed by atoms with Crippen LogP contribution in [0, 0.1) is 17.0 Å². The summed E-state index contributed by atoms with van der Waals surface area (Å²) >= 11 is 0. The second kappa shape index (κ2) is 9.64. The van der Waals surface area contributed by atoms with E-state index in [1.807, 2.05) is 19.1 Å². The second-order valence-corrected chi connectivity index (χ2v) is 5.50. The van der Waals surface area contributed by atoms with Crippen LogP contribution in [0.3, 0.4) is 0 Å². The molecule has 140 valence electrons. The maximum absolute atomic E-state index is 11.7. The zero-order valence-electron chi connectivity index (χ0n) is 15.0. The predicted molar refractivity (Wildman–Crippen MR) is 95.9 cm³/mol. The van der Waals surface area contributed by atoms with Gasteiger partial charge in [0.1, 0.15) is 12.1 Å². The molecule has 9 nitrogen and oxygen atoms in total. The van der Waals surface area contributed by atoms with Crippen LogP contribution in [-0.2, 0) is 9.47 Å². The van der Waals surface area contributed by atoms with Crippen molar-refractivity contribution in [2.45, 2.75) is 6.92 Å². The average Bonchev–Trinajstić information content (AvgIpc) is 2.63. The molecule has 0 N–H and O–H groups in total. The van der Waals surface area contributed by atoms with Crippen molar-refractivity contribution < 1.29 is 19.1 Å². The zero-order valence-corrected chi connectivity index (χ0v) is 15.0. The molecule has 0 atom stereocenters. The lowest BCUT2D eigenvalue weighted by Gasteiger charge is -2.22. The van der Waals surface area contributed by atoms with Crippen LogP contribution in [0.4, 0.5) is 11.5 Å². The standard InChI is InChI=1S/C17H22N4O5/c1-13-4-6-14(7-5-13)26-17-15(21(22)23)16(18-12-19-17)20(8-10-24-2)9-11-25-3/h4-7,12H,8-11H2,1-3H3. The minimum Gasteiger partial charge on any atom is -0.434 e. The van der Waals surface area contributed by atoms with Crippen LogP contribution in [0.25, 0.3) is 0 Å². The molecule has 2 aromatic rings. The molecule has 0 radical (unpaired) electrons. The summed E-state index contributed by atoms with van der Waals surface area (Å²) in [6.45, 7) is 3.56. The number of methoxy groups -OCH3 is 2. The van der Waals surface area contributed by atoms with Crippen LogP contribution in [0.5, 0.6) is 11.6 Å². The van der Waals surface area contributed by atoms with Gasteiger partial charge in [0.05, 0.1) is 18.1 Å². The fourth-order valence-electron chi connectivity index (χ4n) is 2.26. The Labute approximate surface area is 151 Å². The molecule has 0 unspecified atom stereocenters. The summed E-state index contributed by atoms with van der Waals surface area (Å²) in [6.07, 6.45) is 1.25. The van der Waals surface area contributed by atoms with Crippen molar-refractivity contribution >= 4 is 11.5 Å². The van der Waals surface area contributed by atoms with Gasteiger partial charge in [0.2, 0.25) is 5.82 Å². The molecule has 26 heavy (non-hydrogen) atoms. The van der Waals surface area contributed by atoms with Gasteiger partial charge in [0.15, 0.2) is 0 Å². The normalized spacial score (nSPS) is 10.6. The highest BCUT2D eigenvalue weighted by atomic mass is 16.6. The van der Waals surface area contributed by atoms with Crippen LogP contribution in [0.1, 0.15) is 5.56 Å². The van der Waals surface area contributed by atoms with Crippen molar-refractivity contribution in [1.29, 1.82) is 0 Å². The summed E-state index contributed by atoms with van der Waals surface area (Å²) < 4.78 is 15.8. The lowest BCUT2D eigenvalue weighted by Crippen LogP contribution is -2.32. The summed E-state index contributed by atoms with van der Waals surface area (Å²) in [5.41, 5.74) is 0.765. The Hall–Kier alpha value is -2.78. The first-order valence-corrected chi connectivity index (χ1v) is 8.03. The maximum Gasteiger partial charge on any atom is 0.373 e. The molecular formula is C17H22N4O5. The van der Waals surface area contributed by atoms with Crippen molar-refractivity contribution in [3.63, 3.8) is 0 Å². The highest BCUT2D eigenvalue weighted by Gasteiger charge is 2.28. The van der Waals surface area contributed by atoms with Gasteiger partial charge in [0, 0.05) is 27.3 Å². The molecule has 1 aromatic heterocycles. The molecule has 9 heteroatoms. The monoisotopic (exact) mass is 362 g/mol. The number of anilines is 1. The summed E-state index contributed by atoms with van der Waals surface area (Å²) in [6, 6.07) is 7.17. The first-order valence-electron chi connectivity index (χ1n) is 8.03. The number of hydrogen-bond acceptors (Lipinski definition) is 8. The second-order valence-electron chi connectivity index (χ2n) is 5.50. The van der Waals surface area contributed by atoms with Gasteiger partial charge in [-0.05, 0) is 19.1 Å².